The zero-order valence-corrected chi connectivity index (χ0v) is 12.9. The summed E-state index contributed by atoms with van der Waals surface area (Å²) in [4.78, 5) is 0. The molecule has 0 bridgehead atoms. The molecule has 1 aromatic rings. The van der Waals surface area contributed by atoms with E-state index < -0.39 is 0 Å². The van der Waals surface area contributed by atoms with Gasteiger partial charge in [0.05, 0.1) is 0 Å². The molecule has 18 heavy (non-hydrogen) atoms. The van der Waals surface area contributed by atoms with E-state index in [1.165, 1.54) is 23.5 Å². The predicted molar refractivity (Wildman–Crippen MR) is 82.5 cm³/mol. The quantitative estimate of drug-likeness (QED) is 0.875. The highest BCUT2D eigenvalue weighted by atomic mass is 35.5. The van der Waals surface area contributed by atoms with Gasteiger partial charge >= 0.3 is 0 Å². The predicted octanol–water partition coefficient (Wildman–Crippen LogP) is 4.52. The van der Waals surface area contributed by atoms with Gasteiger partial charge in [-0.2, -0.15) is 11.8 Å². The van der Waals surface area contributed by atoms with Crippen LogP contribution >= 0.6 is 23.4 Å². The molecule has 3 heteroatoms. The highest BCUT2D eigenvalue weighted by Gasteiger charge is 2.29. The molecule has 1 aliphatic rings. The Kier molecular flexibility index (Phi) is 4.63. The lowest BCUT2D eigenvalue weighted by Gasteiger charge is -2.36. The van der Waals surface area contributed by atoms with Crippen LogP contribution in [-0.2, 0) is 0 Å². The third-order valence-corrected chi connectivity index (χ3v) is 5.44. The van der Waals surface area contributed by atoms with Crippen molar-refractivity contribution in [2.75, 3.05) is 11.5 Å². The van der Waals surface area contributed by atoms with E-state index in [4.69, 9.17) is 11.6 Å². The Labute approximate surface area is 120 Å². The van der Waals surface area contributed by atoms with Gasteiger partial charge < -0.3 is 5.32 Å². The van der Waals surface area contributed by atoms with Crippen LogP contribution in [0.3, 0.4) is 0 Å². The second kappa shape index (κ2) is 5.85. The first kappa shape index (κ1) is 14.2. The van der Waals surface area contributed by atoms with Crippen LogP contribution in [0.4, 0.5) is 0 Å². The molecule has 0 saturated carbocycles. The van der Waals surface area contributed by atoms with Gasteiger partial charge in [-0.1, -0.05) is 43.6 Å². The Balaban J connectivity index is 1.99. The van der Waals surface area contributed by atoms with E-state index in [2.05, 4.69) is 50.0 Å². The fraction of sp³-hybridized carbons (Fsp3) is 0.600. The molecule has 2 atom stereocenters. The summed E-state index contributed by atoms with van der Waals surface area (Å²) in [6, 6.07) is 9.02. The van der Waals surface area contributed by atoms with Gasteiger partial charge in [-0.3, -0.25) is 0 Å². The highest BCUT2D eigenvalue weighted by Crippen LogP contribution is 2.34. The number of nitrogens with one attached hydrogen (secondary N) is 1. The van der Waals surface area contributed by atoms with Crippen molar-refractivity contribution in [3.8, 4) is 0 Å². The lowest BCUT2D eigenvalue weighted by atomic mass is 9.87. The molecule has 1 unspecified atom stereocenters. The van der Waals surface area contributed by atoms with E-state index in [9.17, 15) is 0 Å². The molecular formula is C15H22ClNS. The number of thioether (sulfide) groups is 1. The summed E-state index contributed by atoms with van der Waals surface area (Å²) in [6.45, 7) is 6.91. The van der Waals surface area contributed by atoms with Gasteiger partial charge in [0.25, 0.3) is 0 Å². The van der Waals surface area contributed by atoms with Crippen LogP contribution in [0, 0.1) is 5.41 Å². The fourth-order valence-corrected chi connectivity index (χ4v) is 4.23. The first-order chi connectivity index (χ1) is 8.48. The van der Waals surface area contributed by atoms with Crippen molar-refractivity contribution in [1.29, 1.82) is 0 Å². The topological polar surface area (TPSA) is 12.0 Å². The first-order valence-electron chi connectivity index (χ1n) is 6.56. The van der Waals surface area contributed by atoms with Gasteiger partial charge in [0.1, 0.15) is 0 Å². The second-order valence-electron chi connectivity index (χ2n) is 5.99. The molecule has 1 N–H and O–H groups in total. The molecule has 0 amide bonds. The maximum atomic E-state index is 6.25. The van der Waals surface area contributed by atoms with Crippen molar-refractivity contribution < 1.29 is 0 Å². The fourth-order valence-electron chi connectivity index (χ4n) is 2.64. The molecule has 0 radical (unpaired) electrons. The van der Waals surface area contributed by atoms with Crippen LogP contribution in [0.5, 0.6) is 0 Å². The molecular weight excluding hydrogens is 262 g/mol. The monoisotopic (exact) mass is 283 g/mol. The Morgan fingerprint density at radius 3 is 2.78 bits per heavy atom. The van der Waals surface area contributed by atoms with Crippen LogP contribution < -0.4 is 5.32 Å². The average Bonchev–Trinajstić information content (AvgIpc) is 2.28. The van der Waals surface area contributed by atoms with E-state index in [1.54, 1.807) is 0 Å². The van der Waals surface area contributed by atoms with Crippen molar-refractivity contribution in [3.05, 3.63) is 34.9 Å². The van der Waals surface area contributed by atoms with E-state index in [0.29, 0.717) is 17.5 Å². The molecule has 0 aromatic heterocycles. The molecule has 1 fully saturated rings. The minimum atomic E-state index is 0.318. The number of hydrogen-bond acceptors (Lipinski definition) is 2. The highest BCUT2D eigenvalue weighted by molar-refractivity contribution is 7.99. The maximum Gasteiger partial charge on any atom is 0.0453 e. The number of benzene rings is 1. The summed E-state index contributed by atoms with van der Waals surface area (Å²) in [5.41, 5.74) is 1.65. The Bertz CT molecular complexity index is 405. The third-order valence-electron chi connectivity index (χ3n) is 3.47. The standard InChI is InChI=1S/C15H22ClNS/c1-11(13-6-4-5-7-14(13)16)17-12-8-15(2,3)10-18-9-12/h4-7,11-12,17H,8-10H2,1-3H3/t11-,12?/m1/s1. The third kappa shape index (κ3) is 3.66. The number of halogens is 1. The van der Waals surface area contributed by atoms with E-state index in [0.717, 1.165) is 5.02 Å². The zero-order chi connectivity index (χ0) is 13.2. The second-order valence-corrected chi connectivity index (χ2v) is 7.43. The Morgan fingerprint density at radius 2 is 2.11 bits per heavy atom. The summed E-state index contributed by atoms with van der Waals surface area (Å²) in [5, 5.41) is 4.59. The summed E-state index contributed by atoms with van der Waals surface area (Å²) in [7, 11) is 0. The van der Waals surface area contributed by atoms with Crippen LogP contribution in [-0.4, -0.2) is 17.5 Å². The van der Waals surface area contributed by atoms with Crippen molar-refractivity contribution in [3.63, 3.8) is 0 Å². The number of hydrogen-bond donors (Lipinski definition) is 1. The normalized spacial score (nSPS) is 24.8. The van der Waals surface area contributed by atoms with Crippen LogP contribution in [0.2, 0.25) is 5.02 Å². The van der Waals surface area contributed by atoms with E-state index in [1.807, 2.05) is 12.1 Å². The number of rotatable bonds is 3. The lowest BCUT2D eigenvalue weighted by molar-refractivity contribution is 0.305. The summed E-state index contributed by atoms with van der Waals surface area (Å²) in [5.74, 6) is 2.48. The minimum absolute atomic E-state index is 0.318. The molecule has 1 aliphatic heterocycles. The largest absolute Gasteiger partial charge is 0.307 e. The lowest BCUT2D eigenvalue weighted by Crippen LogP contribution is -2.41. The molecule has 0 spiro atoms. The van der Waals surface area contributed by atoms with Gasteiger partial charge in [-0.15, -0.1) is 0 Å². The SMILES string of the molecule is C[C@@H](NC1CSCC(C)(C)C1)c1ccccc1Cl. The molecule has 100 valence electrons. The van der Waals surface area contributed by atoms with Gasteiger partial charge in [-0.25, -0.2) is 0 Å². The van der Waals surface area contributed by atoms with Crippen molar-refractivity contribution in [2.45, 2.75) is 39.3 Å². The van der Waals surface area contributed by atoms with Crippen LogP contribution in [0.15, 0.2) is 24.3 Å². The van der Waals surface area contributed by atoms with Gasteiger partial charge in [0.2, 0.25) is 0 Å². The van der Waals surface area contributed by atoms with Crippen LogP contribution in [0.1, 0.15) is 38.8 Å². The van der Waals surface area contributed by atoms with Crippen LogP contribution in [0.25, 0.3) is 0 Å². The minimum Gasteiger partial charge on any atom is -0.307 e. The van der Waals surface area contributed by atoms with E-state index in [-0.39, 0.29) is 0 Å². The molecule has 1 aromatic carbocycles. The zero-order valence-electron chi connectivity index (χ0n) is 11.4. The average molecular weight is 284 g/mol. The van der Waals surface area contributed by atoms with Crippen molar-refractivity contribution in [2.24, 2.45) is 5.41 Å². The summed E-state index contributed by atoms with van der Waals surface area (Å²) >= 11 is 8.30. The molecule has 0 aliphatic carbocycles. The molecule has 1 saturated heterocycles. The molecule has 1 heterocycles. The van der Waals surface area contributed by atoms with Gasteiger partial charge in [0.15, 0.2) is 0 Å². The van der Waals surface area contributed by atoms with Gasteiger partial charge in [0, 0.05) is 22.9 Å². The summed E-state index contributed by atoms with van der Waals surface area (Å²) < 4.78 is 0. The molecule has 2 rings (SSSR count). The smallest absolute Gasteiger partial charge is 0.0453 e. The van der Waals surface area contributed by atoms with Crippen molar-refractivity contribution >= 4 is 23.4 Å². The maximum absolute atomic E-state index is 6.25. The Hall–Kier alpha value is -0.180. The summed E-state index contributed by atoms with van der Waals surface area (Å²) in [6.07, 6.45) is 1.24. The Morgan fingerprint density at radius 1 is 1.39 bits per heavy atom. The van der Waals surface area contributed by atoms with Crippen molar-refractivity contribution in [1.82, 2.24) is 5.32 Å². The van der Waals surface area contributed by atoms with E-state index >= 15 is 0 Å². The molecule has 1 nitrogen and oxygen atoms in total. The first-order valence-corrected chi connectivity index (χ1v) is 8.09. The van der Waals surface area contributed by atoms with Gasteiger partial charge in [-0.05, 0) is 36.1 Å².